The summed E-state index contributed by atoms with van der Waals surface area (Å²) in [6.45, 7) is 0.382. The van der Waals surface area contributed by atoms with E-state index in [2.05, 4.69) is 4.98 Å². The Morgan fingerprint density at radius 2 is 2.08 bits per heavy atom. The van der Waals surface area contributed by atoms with Crippen LogP contribution >= 0.6 is 11.6 Å². The first kappa shape index (κ1) is 17.6. The van der Waals surface area contributed by atoms with Crippen molar-refractivity contribution in [2.24, 2.45) is 0 Å². The molecular formula is C16H16ClF2N3O3. The van der Waals surface area contributed by atoms with Gasteiger partial charge in [-0.25, -0.2) is 8.78 Å². The molecular weight excluding hydrogens is 356 g/mol. The zero-order valence-corrected chi connectivity index (χ0v) is 14.4. The fraction of sp³-hybridized carbons (Fsp3) is 0.375. The van der Waals surface area contributed by atoms with Crippen LogP contribution < -0.4 is 0 Å². The molecule has 1 atom stereocenters. The van der Waals surface area contributed by atoms with Crippen molar-refractivity contribution in [1.29, 1.82) is 0 Å². The smallest absolute Gasteiger partial charge is 0.273 e. The number of fused-ring (bicyclic) bond motifs is 1. The molecule has 0 radical (unpaired) electrons. The Kier molecular flexibility index (Phi) is 4.66. The number of nitrogens with zero attached hydrogens (tertiary/aromatic N) is 2. The third kappa shape index (κ3) is 3.07. The maximum atomic E-state index is 14.6. The highest BCUT2D eigenvalue weighted by atomic mass is 35.5. The maximum Gasteiger partial charge on any atom is 0.273 e. The van der Waals surface area contributed by atoms with Crippen LogP contribution in [0.3, 0.4) is 0 Å². The van der Waals surface area contributed by atoms with Gasteiger partial charge in [0.2, 0.25) is 0 Å². The average Bonchev–Trinajstić information content (AvgIpc) is 2.94. The van der Waals surface area contributed by atoms with E-state index in [9.17, 15) is 18.4 Å². The Morgan fingerprint density at radius 1 is 1.36 bits per heavy atom. The number of carbonyl (C=O) groups excluding carboxylic acids is 2. The number of hydrogen-bond donors (Lipinski definition) is 1. The van der Waals surface area contributed by atoms with Gasteiger partial charge in [0, 0.05) is 20.6 Å². The zero-order valence-electron chi connectivity index (χ0n) is 13.6. The van der Waals surface area contributed by atoms with E-state index in [4.69, 9.17) is 16.3 Å². The van der Waals surface area contributed by atoms with Gasteiger partial charge >= 0.3 is 0 Å². The maximum absolute atomic E-state index is 14.6. The Hall–Kier alpha value is -2.19. The first-order chi connectivity index (χ1) is 11.8. The molecule has 1 aliphatic rings. The first-order valence-electron chi connectivity index (χ1n) is 7.58. The van der Waals surface area contributed by atoms with Gasteiger partial charge in [-0.05, 0) is 12.1 Å². The van der Waals surface area contributed by atoms with Crippen molar-refractivity contribution >= 4 is 34.3 Å². The molecule has 1 aliphatic heterocycles. The topological polar surface area (TPSA) is 65.6 Å². The molecule has 134 valence electrons. The molecule has 3 rings (SSSR count). The summed E-state index contributed by atoms with van der Waals surface area (Å²) >= 11 is 5.80. The fourth-order valence-corrected chi connectivity index (χ4v) is 3.01. The molecule has 25 heavy (non-hydrogen) atoms. The minimum absolute atomic E-state index is 0.00669. The number of nitrogens with one attached hydrogen (secondary N) is 1. The van der Waals surface area contributed by atoms with E-state index in [1.165, 1.54) is 15.9 Å². The number of hydrogen-bond acceptors (Lipinski definition) is 3. The van der Waals surface area contributed by atoms with Crippen molar-refractivity contribution in [2.45, 2.75) is 6.10 Å². The van der Waals surface area contributed by atoms with Gasteiger partial charge in [0.1, 0.15) is 11.5 Å². The van der Waals surface area contributed by atoms with Gasteiger partial charge in [0.05, 0.1) is 29.1 Å². The van der Waals surface area contributed by atoms with Crippen molar-refractivity contribution in [1.82, 2.24) is 14.8 Å². The summed E-state index contributed by atoms with van der Waals surface area (Å²) in [5.74, 6) is -2.59. The Balaban J connectivity index is 1.91. The number of carbonyl (C=O) groups is 2. The number of rotatable bonds is 2. The number of aromatic nitrogens is 1. The molecule has 1 N–H and O–H groups in total. The third-order valence-corrected chi connectivity index (χ3v) is 4.45. The summed E-state index contributed by atoms with van der Waals surface area (Å²) in [5, 5.41) is -0.549. The molecule has 1 saturated heterocycles. The molecule has 9 heteroatoms. The van der Waals surface area contributed by atoms with E-state index in [0.29, 0.717) is 0 Å². The fourth-order valence-electron chi connectivity index (χ4n) is 2.76. The van der Waals surface area contributed by atoms with E-state index in [0.717, 1.165) is 6.07 Å². The molecule has 1 aromatic heterocycles. The molecule has 2 aromatic rings. The second-order valence-electron chi connectivity index (χ2n) is 5.94. The largest absolute Gasteiger partial charge is 0.365 e. The van der Waals surface area contributed by atoms with Crippen molar-refractivity contribution in [3.05, 3.63) is 34.5 Å². The van der Waals surface area contributed by atoms with E-state index >= 15 is 0 Å². The van der Waals surface area contributed by atoms with Crippen LogP contribution in [0.4, 0.5) is 8.78 Å². The van der Waals surface area contributed by atoms with E-state index in [1.54, 1.807) is 14.1 Å². The molecule has 2 amide bonds. The molecule has 1 aromatic carbocycles. The number of H-pyrrole nitrogens is 1. The Bertz CT molecular complexity index is 853. The molecule has 1 fully saturated rings. The number of benzene rings is 1. The lowest BCUT2D eigenvalue weighted by Crippen LogP contribution is -2.51. The molecule has 6 nitrogen and oxygen atoms in total. The van der Waals surface area contributed by atoms with E-state index in [-0.39, 0.29) is 47.2 Å². The summed E-state index contributed by atoms with van der Waals surface area (Å²) in [5.41, 5.74) is -0.0955. The second-order valence-corrected chi connectivity index (χ2v) is 6.32. The Morgan fingerprint density at radius 3 is 2.76 bits per heavy atom. The molecule has 0 aliphatic carbocycles. The van der Waals surface area contributed by atoms with Gasteiger partial charge in [0.15, 0.2) is 11.9 Å². The summed E-state index contributed by atoms with van der Waals surface area (Å²) in [7, 11) is 3.17. The van der Waals surface area contributed by atoms with Gasteiger partial charge in [-0.1, -0.05) is 11.6 Å². The summed E-state index contributed by atoms with van der Waals surface area (Å²) in [6.07, 6.45) is -0.804. The minimum Gasteiger partial charge on any atom is -0.365 e. The molecule has 0 bridgehead atoms. The molecule has 1 unspecified atom stereocenters. The monoisotopic (exact) mass is 371 g/mol. The number of likely N-dealkylation sites (N-methyl/N-ethyl adjacent to an activating group) is 1. The van der Waals surface area contributed by atoms with E-state index in [1.807, 2.05) is 0 Å². The number of aromatic amines is 1. The summed E-state index contributed by atoms with van der Waals surface area (Å²) in [6, 6.07) is 2.41. The standard InChI is InChI=1S/C16H16ClF2N3O3/c1-21(2)15(23)10-7-22(5-6-25-10)16(24)14-13(19)11-9(20-14)4-3-8(18)12(11)17/h3-4,10,20H,5-7H2,1-2H3. The summed E-state index contributed by atoms with van der Waals surface area (Å²) < 4.78 is 33.5. The number of halogens is 3. The lowest BCUT2D eigenvalue weighted by atomic mass is 10.2. The van der Waals surface area contributed by atoms with Crippen LogP contribution in [0.2, 0.25) is 5.02 Å². The highest BCUT2D eigenvalue weighted by molar-refractivity contribution is 6.35. The highest BCUT2D eigenvalue weighted by Gasteiger charge is 2.33. The van der Waals surface area contributed by atoms with Crippen molar-refractivity contribution in [2.75, 3.05) is 33.8 Å². The number of ether oxygens (including phenoxy) is 1. The predicted molar refractivity (Wildman–Crippen MR) is 87.6 cm³/mol. The van der Waals surface area contributed by atoms with Crippen LogP contribution in [-0.2, 0) is 9.53 Å². The van der Waals surface area contributed by atoms with Crippen LogP contribution in [0.15, 0.2) is 12.1 Å². The van der Waals surface area contributed by atoms with Crippen molar-refractivity contribution < 1.29 is 23.1 Å². The van der Waals surface area contributed by atoms with E-state index < -0.39 is 23.6 Å². The molecule has 0 saturated carbocycles. The lowest BCUT2D eigenvalue weighted by Gasteiger charge is -2.33. The number of amides is 2. The van der Waals surface area contributed by atoms with Crippen LogP contribution in [0.5, 0.6) is 0 Å². The van der Waals surface area contributed by atoms with Gasteiger partial charge < -0.3 is 19.5 Å². The lowest BCUT2D eigenvalue weighted by molar-refractivity contribution is -0.145. The minimum atomic E-state index is -0.911. The quantitative estimate of drug-likeness (QED) is 0.878. The normalized spacial score (nSPS) is 17.8. The first-order valence-corrected chi connectivity index (χ1v) is 7.96. The number of morpholine rings is 1. The van der Waals surface area contributed by atoms with Crippen LogP contribution in [-0.4, -0.2) is 66.5 Å². The predicted octanol–water partition coefficient (Wildman–Crippen LogP) is 2.03. The average molecular weight is 372 g/mol. The van der Waals surface area contributed by atoms with Crippen molar-refractivity contribution in [3.8, 4) is 0 Å². The van der Waals surface area contributed by atoms with Crippen LogP contribution in [0.25, 0.3) is 10.9 Å². The van der Waals surface area contributed by atoms with Gasteiger partial charge in [-0.3, -0.25) is 9.59 Å². The van der Waals surface area contributed by atoms with Crippen molar-refractivity contribution in [3.63, 3.8) is 0 Å². The van der Waals surface area contributed by atoms with Crippen LogP contribution in [0, 0.1) is 11.6 Å². The molecule has 0 spiro atoms. The zero-order chi connectivity index (χ0) is 18.3. The second kappa shape index (κ2) is 6.61. The summed E-state index contributed by atoms with van der Waals surface area (Å²) in [4.78, 5) is 30.0. The van der Waals surface area contributed by atoms with Gasteiger partial charge in [-0.15, -0.1) is 0 Å². The SMILES string of the molecule is CN(C)C(=O)C1CN(C(=O)c2[nH]c3ccc(F)c(Cl)c3c2F)CCO1. The highest BCUT2D eigenvalue weighted by Crippen LogP contribution is 2.31. The third-order valence-electron chi connectivity index (χ3n) is 4.08. The molecule has 2 heterocycles. The Labute approximate surface area is 147 Å². The van der Waals surface area contributed by atoms with Gasteiger partial charge in [-0.2, -0.15) is 0 Å². The van der Waals surface area contributed by atoms with Gasteiger partial charge in [0.25, 0.3) is 11.8 Å². The van der Waals surface area contributed by atoms with Crippen LogP contribution in [0.1, 0.15) is 10.5 Å².